The van der Waals surface area contributed by atoms with E-state index < -0.39 is 5.54 Å². The Labute approximate surface area is 171 Å². The molecular weight excluding hydrogens is 370 g/mol. The number of methoxy groups -OCH3 is 2. The number of carbonyl (C=O) groups excluding carboxylic acids is 2. The number of carbonyl (C=O) groups is 2. The minimum atomic E-state index is -1.01. The number of nitrogens with one attached hydrogen (secondary N) is 1. The molecule has 0 saturated carbocycles. The lowest BCUT2D eigenvalue weighted by Gasteiger charge is -2.25. The van der Waals surface area contributed by atoms with E-state index in [0.29, 0.717) is 24.5 Å². The summed E-state index contributed by atoms with van der Waals surface area (Å²) in [7, 11) is 5.02. The van der Waals surface area contributed by atoms with Gasteiger partial charge < -0.3 is 14.8 Å². The van der Waals surface area contributed by atoms with Crippen LogP contribution in [0.2, 0.25) is 0 Å². The van der Waals surface area contributed by atoms with Crippen LogP contribution in [0.3, 0.4) is 0 Å². The van der Waals surface area contributed by atoms with Crippen LogP contribution < -0.4 is 14.8 Å². The summed E-state index contributed by atoms with van der Waals surface area (Å²) in [4.78, 5) is 28.8. The van der Waals surface area contributed by atoms with Gasteiger partial charge in [-0.15, -0.1) is 0 Å². The molecule has 0 bridgehead atoms. The van der Waals surface area contributed by atoms with Gasteiger partial charge in [0.05, 0.1) is 20.9 Å². The maximum atomic E-state index is 13.1. The van der Waals surface area contributed by atoms with Gasteiger partial charge in [0.25, 0.3) is 5.91 Å². The lowest BCUT2D eigenvalue weighted by Crippen LogP contribution is -2.46. The predicted octanol–water partition coefficient (Wildman–Crippen LogP) is 2.65. The first-order chi connectivity index (χ1) is 13.9. The van der Waals surface area contributed by atoms with Crippen LogP contribution in [0.15, 0.2) is 48.5 Å². The molecule has 7 nitrogen and oxygen atoms in total. The molecule has 1 fully saturated rings. The van der Waals surface area contributed by atoms with Gasteiger partial charge >= 0.3 is 6.03 Å². The average Bonchev–Trinajstić information content (AvgIpc) is 2.91. The van der Waals surface area contributed by atoms with Gasteiger partial charge in [-0.2, -0.15) is 0 Å². The van der Waals surface area contributed by atoms with Crippen LogP contribution in [0.1, 0.15) is 18.1 Å². The number of ether oxygens (including phenoxy) is 2. The SMILES string of the molecule is COc1ccc(C[C@@]2(C)NC(=O)N(CN(C)Cc3ccccc3)C2=O)cc1OC. The van der Waals surface area contributed by atoms with E-state index in [1.807, 2.05) is 54.4 Å². The Kier molecular flexibility index (Phi) is 6.08. The fourth-order valence-corrected chi connectivity index (χ4v) is 3.58. The van der Waals surface area contributed by atoms with E-state index in [1.54, 1.807) is 27.2 Å². The Morgan fingerprint density at radius 3 is 2.34 bits per heavy atom. The Morgan fingerprint density at radius 1 is 1.00 bits per heavy atom. The summed E-state index contributed by atoms with van der Waals surface area (Å²) in [6.07, 6.45) is 0.358. The summed E-state index contributed by atoms with van der Waals surface area (Å²) < 4.78 is 10.6. The molecule has 7 heteroatoms. The Balaban J connectivity index is 1.70. The van der Waals surface area contributed by atoms with Gasteiger partial charge in [0.15, 0.2) is 11.5 Å². The zero-order valence-electron chi connectivity index (χ0n) is 17.3. The van der Waals surface area contributed by atoms with Gasteiger partial charge in [-0.25, -0.2) is 9.69 Å². The second-order valence-corrected chi connectivity index (χ2v) is 7.50. The third kappa shape index (κ3) is 4.51. The quantitative estimate of drug-likeness (QED) is 0.694. The molecule has 3 rings (SSSR count). The molecule has 3 amide bonds. The van der Waals surface area contributed by atoms with E-state index in [9.17, 15) is 9.59 Å². The minimum absolute atomic E-state index is 0.223. The Bertz CT molecular complexity index is 887. The molecule has 2 aromatic carbocycles. The van der Waals surface area contributed by atoms with Crippen LogP contribution >= 0.6 is 0 Å². The molecule has 1 aliphatic heterocycles. The molecular formula is C22H27N3O4. The molecule has 1 N–H and O–H groups in total. The summed E-state index contributed by atoms with van der Waals surface area (Å²) in [6, 6.07) is 15.0. The number of hydrogen-bond acceptors (Lipinski definition) is 5. The van der Waals surface area contributed by atoms with Crippen molar-refractivity contribution in [1.29, 1.82) is 0 Å². The second kappa shape index (κ2) is 8.53. The fraction of sp³-hybridized carbons (Fsp3) is 0.364. The van der Waals surface area contributed by atoms with Crippen molar-refractivity contribution in [3.05, 3.63) is 59.7 Å². The number of nitrogens with zero attached hydrogens (tertiary/aromatic N) is 2. The van der Waals surface area contributed by atoms with Crippen LogP contribution in [0.4, 0.5) is 4.79 Å². The van der Waals surface area contributed by atoms with E-state index >= 15 is 0 Å². The van der Waals surface area contributed by atoms with Gasteiger partial charge in [-0.05, 0) is 37.2 Å². The highest BCUT2D eigenvalue weighted by atomic mass is 16.5. The van der Waals surface area contributed by atoms with Gasteiger partial charge in [-0.1, -0.05) is 36.4 Å². The first-order valence-electron chi connectivity index (χ1n) is 9.44. The third-order valence-corrected chi connectivity index (χ3v) is 5.03. The highest BCUT2D eigenvalue weighted by Gasteiger charge is 2.47. The van der Waals surface area contributed by atoms with Gasteiger partial charge in [0, 0.05) is 13.0 Å². The van der Waals surface area contributed by atoms with E-state index in [2.05, 4.69) is 5.32 Å². The van der Waals surface area contributed by atoms with Crippen molar-refractivity contribution in [2.75, 3.05) is 27.9 Å². The zero-order valence-corrected chi connectivity index (χ0v) is 17.3. The normalized spacial score (nSPS) is 18.9. The van der Waals surface area contributed by atoms with Crippen molar-refractivity contribution in [1.82, 2.24) is 15.1 Å². The number of benzene rings is 2. The van der Waals surface area contributed by atoms with Gasteiger partial charge in [0.2, 0.25) is 0 Å². The Hall–Kier alpha value is -3.06. The number of urea groups is 1. The molecule has 0 unspecified atom stereocenters. The first-order valence-corrected chi connectivity index (χ1v) is 9.44. The highest BCUT2D eigenvalue weighted by molar-refractivity contribution is 6.06. The molecule has 2 aromatic rings. The average molecular weight is 397 g/mol. The largest absolute Gasteiger partial charge is 0.493 e. The summed E-state index contributed by atoms with van der Waals surface area (Å²) in [5.41, 5.74) is 0.984. The van der Waals surface area contributed by atoms with Crippen molar-refractivity contribution >= 4 is 11.9 Å². The zero-order chi connectivity index (χ0) is 21.0. The molecule has 1 heterocycles. The van der Waals surface area contributed by atoms with E-state index in [4.69, 9.17) is 9.47 Å². The molecule has 1 aliphatic rings. The molecule has 0 aliphatic carbocycles. The van der Waals surface area contributed by atoms with Crippen LogP contribution in [0, 0.1) is 0 Å². The van der Waals surface area contributed by atoms with E-state index in [-0.39, 0.29) is 18.6 Å². The summed E-state index contributed by atoms with van der Waals surface area (Å²) in [5.74, 6) is 0.967. The second-order valence-electron chi connectivity index (χ2n) is 7.50. The fourth-order valence-electron chi connectivity index (χ4n) is 3.58. The molecule has 1 atom stereocenters. The predicted molar refractivity (Wildman–Crippen MR) is 110 cm³/mol. The highest BCUT2D eigenvalue weighted by Crippen LogP contribution is 2.30. The maximum Gasteiger partial charge on any atom is 0.326 e. The molecule has 0 radical (unpaired) electrons. The van der Waals surface area contributed by atoms with Crippen LogP contribution in [-0.2, 0) is 17.8 Å². The topological polar surface area (TPSA) is 71.1 Å². The van der Waals surface area contributed by atoms with Crippen molar-refractivity contribution in [2.45, 2.75) is 25.4 Å². The maximum absolute atomic E-state index is 13.1. The number of hydrogen-bond donors (Lipinski definition) is 1. The molecule has 0 spiro atoms. The standard InChI is InChI=1S/C22H27N3O4/c1-22(13-17-10-11-18(28-3)19(12-17)29-4)20(26)25(21(27)23-22)15-24(2)14-16-8-6-5-7-9-16/h5-12H,13-15H2,1-4H3,(H,23,27)/t22-/m1/s1. The summed E-state index contributed by atoms with van der Waals surface area (Å²) >= 11 is 0. The smallest absolute Gasteiger partial charge is 0.326 e. The van der Waals surface area contributed by atoms with Crippen molar-refractivity contribution < 1.29 is 19.1 Å². The number of rotatable bonds is 8. The summed E-state index contributed by atoms with van der Waals surface area (Å²) in [5, 5.41) is 2.85. The summed E-state index contributed by atoms with van der Waals surface area (Å²) in [6.45, 7) is 2.62. The molecule has 1 saturated heterocycles. The minimum Gasteiger partial charge on any atom is -0.493 e. The Morgan fingerprint density at radius 2 is 1.69 bits per heavy atom. The third-order valence-electron chi connectivity index (χ3n) is 5.03. The first kappa shape index (κ1) is 20.7. The van der Waals surface area contributed by atoms with Gasteiger partial charge in [0.1, 0.15) is 5.54 Å². The van der Waals surface area contributed by atoms with Crippen LogP contribution in [0.25, 0.3) is 0 Å². The van der Waals surface area contributed by atoms with Crippen molar-refractivity contribution in [3.8, 4) is 11.5 Å². The van der Waals surface area contributed by atoms with E-state index in [1.165, 1.54) is 4.90 Å². The van der Waals surface area contributed by atoms with Gasteiger partial charge in [-0.3, -0.25) is 9.69 Å². The molecule has 0 aromatic heterocycles. The number of imide groups is 1. The van der Waals surface area contributed by atoms with Crippen molar-refractivity contribution in [2.24, 2.45) is 0 Å². The monoisotopic (exact) mass is 397 g/mol. The van der Waals surface area contributed by atoms with Crippen molar-refractivity contribution in [3.63, 3.8) is 0 Å². The molecule has 154 valence electrons. The van der Waals surface area contributed by atoms with E-state index in [0.717, 1.165) is 11.1 Å². The van der Waals surface area contributed by atoms with Crippen LogP contribution in [0.5, 0.6) is 11.5 Å². The van der Waals surface area contributed by atoms with Crippen LogP contribution in [-0.4, -0.2) is 55.2 Å². The molecule has 29 heavy (non-hydrogen) atoms. The lowest BCUT2D eigenvalue weighted by molar-refractivity contribution is -0.132. The number of amides is 3. The lowest BCUT2D eigenvalue weighted by atomic mass is 9.92.